The van der Waals surface area contributed by atoms with Crippen LogP contribution in [-0.2, 0) is 0 Å². The zero-order valence-corrected chi connectivity index (χ0v) is 18.2. The Balaban J connectivity index is 1.30. The molecule has 33 heavy (non-hydrogen) atoms. The fourth-order valence-electron chi connectivity index (χ4n) is 3.64. The van der Waals surface area contributed by atoms with Gasteiger partial charge in [0, 0.05) is 22.1 Å². The van der Waals surface area contributed by atoms with Crippen molar-refractivity contribution in [2.24, 2.45) is 0 Å². The molecule has 4 aromatic carbocycles. The number of urea groups is 1. The highest BCUT2D eigenvalue weighted by molar-refractivity contribution is 7.80. The lowest BCUT2D eigenvalue weighted by Gasteiger charge is -2.13. The molecule has 0 fully saturated rings. The van der Waals surface area contributed by atoms with Gasteiger partial charge in [-0.2, -0.15) is 5.10 Å². The van der Waals surface area contributed by atoms with Crippen LogP contribution in [0.1, 0.15) is 0 Å². The second-order valence-electron chi connectivity index (χ2n) is 7.40. The summed E-state index contributed by atoms with van der Waals surface area (Å²) in [6, 6.07) is 26.7. The van der Waals surface area contributed by atoms with Crippen LogP contribution in [0.4, 0.5) is 27.5 Å². The van der Waals surface area contributed by atoms with Crippen LogP contribution in [0.2, 0.25) is 0 Å². The van der Waals surface area contributed by atoms with Gasteiger partial charge in [-0.05, 0) is 60.1 Å². The van der Waals surface area contributed by atoms with Gasteiger partial charge < -0.3 is 21.3 Å². The number of thiocarbonyl (C=S) groups is 1. The minimum atomic E-state index is -0.327. The van der Waals surface area contributed by atoms with Crippen LogP contribution < -0.4 is 21.3 Å². The molecule has 0 saturated heterocycles. The second kappa shape index (κ2) is 8.97. The highest BCUT2D eigenvalue weighted by Gasteiger charge is 2.10. The minimum absolute atomic E-state index is 0.327. The Kier molecular flexibility index (Phi) is 5.57. The van der Waals surface area contributed by atoms with Gasteiger partial charge >= 0.3 is 6.03 Å². The van der Waals surface area contributed by atoms with Crippen LogP contribution in [0.25, 0.3) is 21.7 Å². The van der Waals surface area contributed by atoms with Crippen molar-refractivity contribution in [3.63, 3.8) is 0 Å². The summed E-state index contributed by atoms with van der Waals surface area (Å²) < 4.78 is 0. The highest BCUT2D eigenvalue weighted by atomic mass is 32.1. The number of benzene rings is 4. The predicted octanol–water partition coefficient (Wildman–Crippen LogP) is 6.17. The Bertz CT molecular complexity index is 1460. The first-order valence-corrected chi connectivity index (χ1v) is 10.7. The molecule has 5 rings (SSSR count). The molecule has 0 aliphatic carbocycles. The molecule has 0 aliphatic rings. The van der Waals surface area contributed by atoms with Gasteiger partial charge in [0.25, 0.3) is 0 Å². The molecule has 7 nitrogen and oxygen atoms in total. The topological polar surface area (TPSA) is 93.9 Å². The number of hydrogen-bond donors (Lipinski definition) is 5. The van der Waals surface area contributed by atoms with E-state index in [9.17, 15) is 4.79 Å². The minimum Gasteiger partial charge on any atom is -0.332 e. The number of carbonyl (C=O) groups excluding carboxylic acids is 1. The predicted molar refractivity (Wildman–Crippen MR) is 139 cm³/mol. The number of H-pyrrole nitrogens is 1. The molecule has 5 N–H and O–H groups in total. The summed E-state index contributed by atoms with van der Waals surface area (Å²) in [5.74, 6) is 0. The lowest BCUT2D eigenvalue weighted by atomic mass is 10.1. The van der Waals surface area contributed by atoms with E-state index in [1.807, 2.05) is 84.9 Å². The van der Waals surface area contributed by atoms with Crippen molar-refractivity contribution in [2.45, 2.75) is 0 Å². The Morgan fingerprint density at radius 3 is 2.27 bits per heavy atom. The first-order valence-electron chi connectivity index (χ1n) is 10.3. The van der Waals surface area contributed by atoms with E-state index in [4.69, 9.17) is 12.2 Å². The summed E-state index contributed by atoms with van der Waals surface area (Å²) >= 11 is 5.42. The van der Waals surface area contributed by atoms with Crippen molar-refractivity contribution >= 4 is 67.8 Å². The van der Waals surface area contributed by atoms with Crippen LogP contribution in [-0.4, -0.2) is 21.3 Å². The van der Waals surface area contributed by atoms with Gasteiger partial charge in [-0.15, -0.1) is 0 Å². The maximum absolute atomic E-state index is 12.7. The summed E-state index contributed by atoms with van der Waals surface area (Å²) in [7, 11) is 0. The SMILES string of the molecule is O=C(Nc1cccc2cc(NC(=S)Nc3ccccc3)ccc12)Nc1cccc2[nH]ncc12. The Labute approximate surface area is 195 Å². The van der Waals surface area contributed by atoms with Crippen molar-refractivity contribution in [2.75, 3.05) is 21.3 Å². The van der Waals surface area contributed by atoms with E-state index >= 15 is 0 Å². The summed E-state index contributed by atoms with van der Waals surface area (Å²) in [4.78, 5) is 12.7. The molecule has 1 heterocycles. The van der Waals surface area contributed by atoms with Crippen LogP contribution in [0.15, 0.2) is 91.1 Å². The summed E-state index contributed by atoms with van der Waals surface area (Å²) in [5, 5.41) is 22.4. The van der Waals surface area contributed by atoms with Crippen molar-refractivity contribution < 1.29 is 4.79 Å². The van der Waals surface area contributed by atoms with Crippen molar-refractivity contribution in [3.05, 3.63) is 91.1 Å². The van der Waals surface area contributed by atoms with Crippen molar-refractivity contribution in [1.29, 1.82) is 0 Å². The van der Waals surface area contributed by atoms with Crippen LogP contribution >= 0.6 is 12.2 Å². The number of anilines is 4. The fraction of sp³-hybridized carbons (Fsp3) is 0. The normalized spacial score (nSPS) is 10.7. The smallest absolute Gasteiger partial charge is 0.323 e. The number of para-hydroxylation sites is 1. The van der Waals surface area contributed by atoms with Gasteiger partial charge in [-0.25, -0.2) is 4.79 Å². The number of fused-ring (bicyclic) bond motifs is 2. The van der Waals surface area contributed by atoms with Crippen LogP contribution in [0.5, 0.6) is 0 Å². The third-order valence-corrected chi connectivity index (χ3v) is 5.36. The number of nitrogens with zero attached hydrogens (tertiary/aromatic N) is 1. The molecule has 0 bridgehead atoms. The average molecular weight is 453 g/mol. The highest BCUT2D eigenvalue weighted by Crippen LogP contribution is 2.27. The van der Waals surface area contributed by atoms with E-state index in [0.29, 0.717) is 16.5 Å². The number of carbonyl (C=O) groups is 1. The molecule has 1 aromatic heterocycles. The van der Waals surface area contributed by atoms with Crippen LogP contribution in [0, 0.1) is 0 Å². The fourth-order valence-corrected chi connectivity index (χ4v) is 3.87. The van der Waals surface area contributed by atoms with Crippen molar-refractivity contribution in [1.82, 2.24) is 10.2 Å². The molecule has 0 aliphatic heterocycles. The first kappa shape index (κ1) is 20.5. The standard InChI is InChI=1S/C25H20N6OS/c32-24(30-22-10-5-11-23-20(22)15-26-31-23)29-21-9-4-6-16-14-18(12-13-19(16)21)28-25(33)27-17-7-2-1-3-8-17/h1-15H,(H,26,31)(H2,27,28,33)(H2,29,30,32). The molecule has 0 spiro atoms. The molecule has 0 saturated carbocycles. The van der Waals surface area contributed by atoms with E-state index in [0.717, 1.165) is 33.1 Å². The lowest BCUT2D eigenvalue weighted by molar-refractivity contribution is 0.262. The lowest BCUT2D eigenvalue weighted by Crippen LogP contribution is -2.20. The summed E-state index contributed by atoms with van der Waals surface area (Å²) in [6.07, 6.45) is 1.69. The molecular weight excluding hydrogens is 432 g/mol. The Hall–Kier alpha value is -4.43. The third-order valence-electron chi connectivity index (χ3n) is 5.15. The molecule has 5 aromatic rings. The molecule has 162 valence electrons. The number of rotatable bonds is 4. The first-order chi connectivity index (χ1) is 16.2. The Morgan fingerprint density at radius 1 is 0.727 bits per heavy atom. The quantitative estimate of drug-likeness (QED) is 0.210. The van der Waals surface area contributed by atoms with Gasteiger partial charge in [0.05, 0.1) is 23.1 Å². The van der Waals surface area contributed by atoms with Gasteiger partial charge in [0.1, 0.15) is 0 Å². The van der Waals surface area contributed by atoms with Crippen LogP contribution in [0.3, 0.4) is 0 Å². The monoisotopic (exact) mass is 452 g/mol. The van der Waals surface area contributed by atoms with E-state index in [2.05, 4.69) is 31.5 Å². The largest absolute Gasteiger partial charge is 0.332 e. The van der Waals surface area contributed by atoms with E-state index < -0.39 is 0 Å². The number of aromatic amines is 1. The summed E-state index contributed by atoms with van der Waals surface area (Å²) in [5.41, 5.74) is 4.02. The third kappa shape index (κ3) is 4.60. The molecule has 0 unspecified atom stereocenters. The maximum atomic E-state index is 12.7. The Morgan fingerprint density at radius 2 is 1.45 bits per heavy atom. The average Bonchev–Trinajstić information content (AvgIpc) is 3.30. The zero-order valence-electron chi connectivity index (χ0n) is 17.4. The number of amides is 2. The van der Waals surface area contributed by atoms with E-state index in [1.54, 1.807) is 6.20 Å². The maximum Gasteiger partial charge on any atom is 0.323 e. The molecule has 0 atom stereocenters. The van der Waals surface area contributed by atoms with E-state index in [1.165, 1.54) is 0 Å². The number of hydrogen-bond acceptors (Lipinski definition) is 3. The van der Waals surface area contributed by atoms with Gasteiger partial charge in [0.2, 0.25) is 0 Å². The molecule has 0 radical (unpaired) electrons. The molecular formula is C25H20N6OS. The second-order valence-corrected chi connectivity index (χ2v) is 7.81. The zero-order chi connectivity index (χ0) is 22.6. The van der Waals surface area contributed by atoms with Gasteiger partial charge in [-0.1, -0.05) is 42.5 Å². The summed E-state index contributed by atoms with van der Waals surface area (Å²) in [6.45, 7) is 0. The van der Waals surface area contributed by atoms with Gasteiger partial charge in [-0.3, -0.25) is 5.10 Å². The van der Waals surface area contributed by atoms with E-state index in [-0.39, 0.29) is 6.03 Å². The van der Waals surface area contributed by atoms with Crippen molar-refractivity contribution in [3.8, 4) is 0 Å². The molecule has 2 amide bonds. The number of nitrogens with one attached hydrogen (secondary N) is 5. The molecule has 8 heteroatoms. The van der Waals surface area contributed by atoms with Gasteiger partial charge in [0.15, 0.2) is 5.11 Å². The number of aromatic nitrogens is 2.